The van der Waals surface area contributed by atoms with Crippen LogP contribution in [0.3, 0.4) is 0 Å². The van der Waals surface area contributed by atoms with Crippen molar-refractivity contribution in [3.05, 3.63) is 47.0 Å². The molecule has 0 atom stereocenters. The average molecular weight is 450 g/mol. The van der Waals surface area contributed by atoms with E-state index in [0.717, 1.165) is 48.9 Å². The van der Waals surface area contributed by atoms with Gasteiger partial charge in [-0.1, -0.05) is 11.6 Å². The number of carbonyl (C=O) groups excluding carboxylic acids is 1. The van der Waals surface area contributed by atoms with Crippen LogP contribution in [-0.4, -0.2) is 31.6 Å². The first kappa shape index (κ1) is 19.4. The number of aromatic nitrogens is 1. The highest BCUT2D eigenvalue weighted by atomic mass is 35.5. The molecule has 3 aromatic rings. The van der Waals surface area contributed by atoms with Gasteiger partial charge in [-0.3, -0.25) is 9.52 Å². The fourth-order valence-corrected chi connectivity index (χ4v) is 5.27. The van der Waals surface area contributed by atoms with E-state index in [4.69, 9.17) is 20.4 Å². The lowest BCUT2D eigenvalue weighted by Gasteiger charge is -2.57. The lowest BCUT2D eigenvalue weighted by Crippen LogP contribution is -2.55. The number of fused-ring (bicyclic) bond motifs is 1. The number of sulfonamides is 1. The van der Waals surface area contributed by atoms with Crippen LogP contribution in [0.5, 0.6) is 0 Å². The molecule has 1 amide bonds. The van der Waals surface area contributed by atoms with Gasteiger partial charge in [0.2, 0.25) is 15.9 Å². The Labute approximate surface area is 178 Å². The first-order chi connectivity index (χ1) is 14.2. The average Bonchev–Trinajstić information content (AvgIpc) is 3.20. The van der Waals surface area contributed by atoms with Gasteiger partial charge in [0.05, 0.1) is 6.26 Å². The summed E-state index contributed by atoms with van der Waals surface area (Å²) in [4.78, 5) is 16.9. The zero-order valence-electron chi connectivity index (χ0n) is 16.1. The first-order valence-electron chi connectivity index (χ1n) is 9.63. The number of amides is 1. The molecule has 0 radical (unpaired) electrons. The zero-order chi connectivity index (χ0) is 21.1. The molecule has 10 heteroatoms. The standard InChI is InChI=1S/C20H20ClN3O5S/c1-30(26,27)24-17-5-4-16(28-17)18(25)22-13-9-20(10-13)7-11(8-20)19-23-14-6-12(21)2-3-15(14)29-19/h2-6,11,13,24H,7-10H2,1H3,(H,22,25). The number of hydrogen-bond acceptors (Lipinski definition) is 6. The molecule has 8 nitrogen and oxygen atoms in total. The minimum atomic E-state index is -3.45. The van der Waals surface area contributed by atoms with E-state index in [2.05, 4.69) is 15.0 Å². The van der Waals surface area contributed by atoms with Crippen LogP contribution in [0.15, 0.2) is 39.2 Å². The first-order valence-corrected chi connectivity index (χ1v) is 11.9. The van der Waals surface area contributed by atoms with Crippen molar-refractivity contribution in [3.8, 4) is 0 Å². The molecule has 0 unspecified atom stereocenters. The molecule has 0 saturated heterocycles. The Kier molecular flexibility index (Phi) is 4.37. The predicted molar refractivity (Wildman–Crippen MR) is 111 cm³/mol. The fraction of sp³-hybridized carbons (Fsp3) is 0.400. The Bertz CT molecular complexity index is 1230. The number of benzene rings is 1. The van der Waals surface area contributed by atoms with Crippen molar-refractivity contribution in [2.75, 3.05) is 11.0 Å². The van der Waals surface area contributed by atoms with Gasteiger partial charge in [-0.15, -0.1) is 0 Å². The molecule has 2 N–H and O–H groups in total. The number of hydrogen-bond donors (Lipinski definition) is 2. The maximum Gasteiger partial charge on any atom is 0.287 e. The zero-order valence-corrected chi connectivity index (χ0v) is 17.7. The van der Waals surface area contributed by atoms with Crippen LogP contribution in [0, 0.1) is 5.41 Å². The van der Waals surface area contributed by atoms with Gasteiger partial charge >= 0.3 is 0 Å². The fourth-order valence-electron chi connectivity index (χ4n) is 4.63. The maximum atomic E-state index is 12.3. The molecular weight excluding hydrogens is 430 g/mol. The van der Waals surface area contributed by atoms with Crippen molar-refractivity contribution in [1.29, 1.82) is 0 Å². The molecule has 2 saturated carbocycles. The highest BCUT2D eigenvalue weighted by Crippen LogP contribution is 2.61. The summed E-state index contributed by atoms with van der Waals surface area (Å²) < 4.78 is 35.8. The molecule has 1 spiro atoms. The van der Waals surface area contributed by atoms with Gasteiger partial charge in [0, 0.05) is 23.0 Å². The Morgan fingerprint density at radius 1 is 1.17 bits per heavy atom. The molecule has 158 valence electrons. The topological polar surface area (TPSA) is 114 Å². The third kappa shape index (κ3) is 3.67. The van der Waals surface area contributed by atoms with Crippen molar-refractivity contribution in [3.63, 3.8) is 0 Å². The van der Waals surface area contributed by atoms with E-state index in [1.165, 1.54) is 12.1 Å². The Balaban J connectivity index is 1.14. The van der Waals surface area contributed by atoms with Gasteiger partial charge in [0.1, 0.15) is 5.52 Å². The summed E-state index contributed by atoms with van der Waals surface area (Å²) in [5, 5.41) is 3.59. The molecule has 1 aromatic carbocycles. The Hall–Kier alpha value is -2.52. The van der Waals surface area contributed by atoms with E-state index in [0.29, 0.717) is 10.9 Å². The molecule has 2 aliphatic rings. The van der Waals surface area contributed by atoms with Gasteiger partial charge in [0.25, 0.3) is 5.91 Å². The molecule has 2 heterocycles. The van der Waals surface area contributed by atoms with E-state index in [-0.39, 0.29) is 29.0 Å². The quantitative estimate of drug-likeness (QED) is 0.610. The largest absolute Gasteiger partial charge is 0.440 e. The van der Waals surface area contributed by atoms with Gasteiger partial charge in [-0.05, 0) is 55.4 Å². The summed E-state index contributed by atoms with van der Waals surface area (Å²) in [5.41, 5.74) is 1.75. The molecule has 5 rings (SSSR count). The normalized spacial score (nSPS) is 25.7. The van der Waals surface area contributed by atoms with Crippen molar-refractivity contribution >= 4 is 44.5 Å². The second-order valence-electron chi connectivity index (χ2n) is 8.39. The summed E-state index contributed by atoms with van der Waals surface area (Å²) in [7, 11) is -3.45. The van der Waals surface area contributed by atoms with Crippen LogP contribution in [0.25, 0.3) is 11.1 Å². The summed E-state index contributed by atoms with van der Waals surface area (Å²) in [6, 6.07) is 8.39. The highest BCUT2D eigenvalue weighted by molar-refractivity contribution is 7.92. The minimum Gasteiger partial charge on any atom is -0.440 e. The molecule has 0 bridgehead atoms. The number of nitrogens with zero attached hydrogens (tertiary/aromatic N) is 1. The highest BCUT2D eigenvalue weighted by Gasteiger charge is 2.54. The second kappa shape index (κ2) is 6.75. The summed E-state index contributed by atoms with van der Waals surface area (Å²) >= 11 is 6.01. The maximum absolute atomic E-state index is 12.3. The number of carbonyl (C=O) groups is 1. The van der Waals surface area contributed by atoms with E-state index < -0.39 is 10.0 Å². The predicted octanol–water partition coefficient (Wildman–Crippen LogP) is 3.90. The number of oxazole rings is 1. The molecule has 2 fully saturated rings. The summed E-state index contributed by atoms with van der Waals surface area (Å²) in [6.45, 7) is 0. The van der Waals surface area contributed by atoms with E-state index >= 15 is 0 Å². The van der Waals surface area contributed by atoms with Gasteiger partial charge in [-0.2, -0.15) is 0 Å². The third-order valence-electron chi connectivity index (χ3n) is 5.88. The molecule has 2 aromatic heterocycles. The van der Waals surface area contributed by atoms with Gasteiger partial charge < -0.3 is 14.2 Å². The monoisotopic (exact) mass is 449 g/mol. The van der Waals surface area contributed by atoms with Crippen molar-refractivity contribution in [2.24, 2.45) is 5.41 Å². The van der Waals surface area contributed by atoms with Crippen molar-refractivity contribution < 1.29 is 22.0 Å². The minimum absolute atomic E-state index is 0.0224. The van der Waals surface area contributed by atoms with Crippen molar-refractivity contribution in [1.82, 2.24) is 10.3 Å². The number of rotatable bonds is 5. The molecular formula is C20H20ClN3O5S. The molecule has 0 aliphatic heterocycles. The van der Waals surface area contributed by atoms with Crippen LogP contribution in [0.2, 0.25) is 5.02 Å². The number of nitrogens with one attached hydrogen (secondary N) is 2. The lowest BCUT2D eigenvalue weighted by molar-refractivity contribution is -0.0256. The van der Waals surface area contributed by atoms with Crippen LogP contribution in [0.4, 0.5) is 5.88 Å². The summed E-state index contributed by atoms with van der Waals surface area (Å²) in [6.07, 6.45) is 4.80. The Morgan fingerprint density at radius 2 is 1.93 bits per heavy atom. The van der Waals surface area contributed by atoms with Crippen molar-refractivity contribution in [2.45, 2.75) is 37.6 Å². The summed E-state index contributed by atoms with van der Waals surface area (Å²) in [5.74, 6) is 0.811. The number of furan rings is 1. The van der Waals surface area contributed by atoms with E-state index in [1.54, 1.807) is 12.1 Å². The van der Waals surface area contributed by atoms with Gasteiger partial charge in [-0.25, -0.2) is 13.4 Å². The molecule has 30 heavy (non-hydrogen) atoms. The number of anilines is 1. The second-order valence-corrected chi connectivity index (χ2v) is 10.6. The van der Waals surface area contributed by atoms with E-state index in [1.807, 2.05) is 6.07 Å². The molecule has 2 aliphatic carbocycles. The SMILES string of the molecule is CS(=O)(=O)Nc1ccc(C(=O)NC2CC3(C2)CC(c2nc4cc(Cl)ccc4o2)C3)o1. The Morgan fingerprint density at radius 3 is 2.67 bits per heavy atom. The van der Waals surface area contributed by atoms with Crippen LogP contribution < -0.4 is 10.0 Å². The smallest absolute Gasteiger partial charge is 0.287 e. The van der Waals surface area contributed by atoms with Crippen LogP contribution in [-0.2, 0) is 10.0 Å². The van der Waals surface area contributed by atoms with E-state index in [9.17, 15) is 13.2 Å². The lowest BCUT2D eigenvalue weighted by atomic mass is 9.50. The third-order valence-corrected chi connectivity index (χ3v) is 6.69. The van der Waals surface area contributed by atoms with Crippen LogP contribution in [0.1, 0.15) is 48.0 Å². The van der Waals surface area contributed by atoms with Crippen LogP contribution >= 0.6 is 11.6 Å². The number of halogens is 1. The van der Waals surface area contributed by atoms with Gasteiger partial charge in [0.15, 0.2) is 17.2 Å².